The molecule has 0 fully saturated rings. The predicted octanol–water partition coefficient (Wildman–Crippen LogP) is 6.00. The van der Waals surface area contributed by atoms with Gasteiger partial charge in [-0.2, -0.15) is 30.7 Å². The zero-order chi connectivity index (χ0) is 30.6. The maximum absolute atomic E-state index is 14.7. The van der Waals surface area contributed by atoms with Gasteiger partial charge in [0.15, 0.2) is 0 Å². The van der Waals surface area contributed by atoms with Gasteiger partial charge in [-0.15, -0.1) is 0 Å². The van der Waals surface area contributed by atoms with Crippen molar-refractivity contribution in [1.82, 2.24) is 10.6 Å². The molecule has 0 spiro atoms. The van der Waals surface area contributed by atoms with Crippen LogP contribution in [0, 0.1) is 11.6 Å². The Bertz CT molecular complexity index is 1370. The van der Waals surface area contributed by atoms with Gasteiger partial charge in [0.25, 0.3) is 0 Å². The molecule has 0 aliphatic rings. The summed E-state index contributed by atoms with van der Waals surface area (Å²) in [6.07, 6.45) is -15.3. The summed E-state index contributed by atoms with van der Waals surface area (Å²) in [7, 11) is 0. The van der Waals surface area contributed by atoms with Gasteiger partial charge < -0.3 is 20.5 Å². The molecule has 3 aromatic carbocycles. The van der Waals surface area contributed by atoms with Gasteiger partial charge in [-0.3, -0.25) is 0 Å². The third kappa shape index (κ3) is 7.61. The average molecular weight is 594 g/mol. The highest BCUT2D eigenvalue weighted by atomic mass is 19.4. The highest BCUT2D eigenvalue weighted by molar-refractivity contribution is 5.84. The van der Waals surface area contributed by atoms with Crippen LogP contribution in [-0.2, 0) is 16.8 Å². The molecule has 0 heterocycles. The standard InChI is InChI=1S/C26H19F9N2O4/c27-17-8-6-15(7-9-17)24(13-14-4-2-1-3-5-14,37-23(40)36-20(21(38)39)25(31,32)33)16-10-18(28)12-19(11-16)41-26(34,35)22(29)30/h1-12,20,22H,13H2,(H,38,39)(H2,36,37,40)/t20?,24-/m1/s1. The van der Waals surface area contributed by atoms with Crippen molar-refractivity contribution < 1.29 is 58.9 Å². The van der Waals surface area contributed by atoms with Crippen molar-refractivity contribution in [2.24, 2.45) is 0 Å². The number of benzene rings is 3. The van der Waals surface area contributed by atoms with E-state index < -0.39 is 71.7 Å². The van der Waals surface area contributed by atoms with E-state index in [1.54, 1.807) is 6.07 Å². The molecule has 1 unspecified atom stereocenters. The van der Waals surface area contributed by atoms with Gasteiger partial charge in [-0.25, -0.2) is 18.4 Å². The first-order chi connectivity index (χ1) is 19.0. The average Bonchev–Trinajstić information content (AvgIpc) is 2.86. The van der Waals surface area contributed by atoms with Gasteiger partial charge in [-0.05, 0) is 41.0 Å². The van der Waals surface area contributed by atoms with Crippen molar-refractivity contribution in [1.29, 1.82) is 0 Å². The molecule has 3 aromatic rings. The lowest BCUT2D eigenvalue weighted by Gasteiger charge is -2.37. The summed E-state index contributed by atoms with van der Waals surface area (Å²) < 4.78 is 125. The number of alkyl halides is 7. The molecule has 0 radical (unpaired) electrons. The molecule has 2 amide bonds. The first-order valence-corrected chi connectivity index (χ1v) is 11.4. The molecule has 220 valence electrons. The predicted molar refractivity (Wildman–Crippen MR) is 124 cm³/mol. The number of hydrogen-bond acceptors (Lipinski definition) is 3. The maximum Gasteiger partial charge on any atom is 0.461 e. The van der Waals surface area contributed by atoms with E-state index in [9.17, 15) is 49.1 Å². The Morgan fingerprint density at radius 3 is 1.98 bits per heavy atom. The van der Waals surface area contributed by atoms with Gasteiger partial charge in [0, 0.05) is 12.5 Å². The van der Waals surface area contributed by atoms with Crippen molar-refractivity contribution in [2.45, 2.75) is 36.7 Å². The number of carbonyl (C=O) groups is 2. The minimum absolute atomic E-state index is 0.144. The number of carboxylic acids is 1. The van der Waals surface area contributed by atoms with Gasteiger partial charge in [-0.1, -0.05) is 42.5 Å². The first-order valence-electron chi connectivity index (χ1n) is 11.4. The lowest BCUT2D eigenvalue weighted by Crippen LogP contribution is -2.58. The van der Waals surface area contributed by atoms with E-state index in [1.807, 2.05) is 0 Å². The summed E-state index contributed by atoms with van der Waals surface area (Å²) in [6, 6.07) is 7.78. The fourth-order valence-corrected chi connectivity index (χ4v) is 3.91. The molecule has 0 aliphatic heterocycles. The minimum atomic E-state index is -5.46. The van der Waals surface area contributed by atoms with E-state index >= 15 is 0 Å². The summed E-state index contributed by atoms with van der Waals surface area (Å²) in [5.74, 6) is -5.78. The Labute approximate surface area is 225 Å². The SMILES string of the molecule is O=C(NC(C(=O)O)C(F)(F)F)N[C@](Cc1ccccc1)(c1ccc(F)cc1)c1cc(F)cc(OC(F)(F)C(F)F)c1. The highest BCUT2D eigenvalue weighted by Gasteiger charge is 2.48. The zero-order valence-electron chi connectivity index (χ0n) is 20.4. The van der Waals surface area contributed by atoms with Crippen molar-refractivity contribution in [3.8, 4) is 5.75 Å². The van der Waals surface area contributed by atoms with E-state index in [-0.39, 0.29) is 5.56 Å². The second-order valence-corrected chi connectivity index (χ2v) is 8.63. The molecule has 0 saturated heterocycles. The summed E-state index contributed by atoms with van der Waals surface area (Å²) in [5.41, 5.74) is -2.59. The van der Waals surface area contributed by atoms with Crippen LogP contribution in [0.25, 0.3) is 0 Å². The van der Waals surface area contributed by atoms with Crippen LogP contribution in [0.1, 0.15) is 16.7 Å². The molecule has 6 nitrogen and oxygen atoms in total. The quantitative estimate of drug-likeness (QED) is 0.251. The second-order valence-electron chi connectivity index (χ2n) is 8.63. The first kappa shape index (κ1) is 31.1. The maximum atomic E-state index is 14.7. The topological polar surface area (TPSA) is 87.7 Å². The molecule has 41 heavy (non-hydrogen) atoms. The van der Waals surface area contributed by atoms with Crippen LogP contribution in [0.2, 0.25) is 0 Å². The van der Waals surface area contributed by atoms with Gasteiger partial charge in [0.1, 0.15) is 17.4 Å². The molecule has 0 aromatic heterocycles. The fraction of sp³-hybridized carbons (Fsp3) is 0.231. The van der Waals surface area contributed by atoms with E-state index in [2.05, 4.69) is 10.1 Å². The number of aliphatic carboxylic acids is 1. The van der Waals surface area contributed by atoms with Crippen molar-refractivity contribution >= 4 is 12.0 Å². The summed E-state index contributed by atoms with van der Waals surface area (Å²) in [5, 5.41) is 12.4. The number of urea groups is 1. The zero-order valence-corrected chi connectivity index (χ0v) is 20.4. The number of hydrogen-bond donors (Lipinski definition) is 3. The highest BCUT2D eigenvalue weighted by Crippen LogP contribution is 2.38. The molecule has 0 saturated carbocycles. The molecule has 3 N–H and O–H groups in total. The van der Waals surface area contributed by atoms with Crippen LogP contribution in [-0.4, -0.2) is 41.9 Å². The smallest absolute Gasteiger partial charge is 0.461 e. The van der Waals surface area contributed by atoms with E-state index in [4.69, 9.17) is 5.11 Å². The van der Waals surface area contributed by atoms with Crippen LogP contribution in [0.5, 0.6) is 5.75 Å². The van der Waals surface area contributed by atoms with Gasteiger partial charge >= 0.3 is 30.7 Å². The molecular formula is C26H19F9N2O4. The summed E-state index contributed by atoms with van der Waals surface area (Å²) in [6.45, 7) is 0. The second kappa shape index (κ2) is 12.0. The summed E-state index contributed by atoms with van der Waals surface area (Å²) >= 11 is 0. The summed E-state index contributed by atoms with van der Waals surface area (Å²) in [4.78, 5) is 24.1. The molecular weight excluding hydrogens is 575 g/mol. The largest absolute Gasteiger partial charge is 0.479 e. The third-order valence-electron chi connectivity index (χ3n) is 5.70. The number of nitrogens with one attached hydrogen (secondary N) is 2. The normalized spacial score (nSPS) is 14.2. The number of rotatable bonds is 10. The lowest BCUT2D eigenvalue weighted by atomic mass is 9.77. The third-order valence-corrected chi connectivity index (χ3v) is 5.70. The van der Waals surface area contributed by atoms with Crippen LogP contribution in [0.3, 0.4) is 0 Å². The molecule has 2 atom stereocenters. The molecule has 3 rings (SSSR count). The fourth-order valence-electron chi connectivity index (χ4n) is 3.91. The number of amides is 2. The van der Waals surface area contributed by atoms with Gasteiger partial charge in [0.05, 0.1) is 5.54 Å². The Balaban J connectivity index is 2.25. The van der Waals surface area contributed by atoms with Crippen molar-refractivity contribution in [3.05, 3.63) is 101 Å². The Kier molecular flexibility index (Phi) is 9.09. The Morgan fingerprint density at radius 2 is 1.44 bits per heavy atom. The minimum Gasteiger partial charge on any atom is -0.479 e. The van der Waals surface area contributed by atoms with Gasteiger partial charge in [0.2, 0.25) is 6.04 Å². The molecule has 15 heteroatoms. The monoisotopic (exact) mass is 594 g/mol. The number of carboxylic acid groups (broad SMARTS) is 1. The number of halogens is 9. The van der Waals surface area contributed by atoms with Crippen LogP contribution in [0.4, 0.5) is 44.3 Å². The van der Waals surface area contributed by atoms with Crippen LogP contribution >= 0.6 is 0 Å². The lowest BCUT2D eigenvalue weighted by molar-refractivity contribution is -0.253. The van der Waals surface area contributed by atoms with Crippen LogP contribution < -0.4 is 15.4 Å². The van der Waals surface area contributed by atoms with Crippen molar-refractivity contribution in [3.63, 3.8) is 0 Å². The van der Waals surface area contributed by atoms with E-state index in [1.165, 1.54) is 29.6 Å². The van der Waals surface area contributed by atoms with Crippen molar-refractivity contribution in [2.75, 3.05) is 0 Å². The molecule has 0 bridgehead atoms. The Hall–Kier alpha value is -4.43. The Morgan fingerprint density at radius 1 is 0.829 bits per heavy atom. The molecule has 0 aliphatic carbocycles. The number of ether oxygens (including phenoxy) is 1. The van der Waals surface area contributed by atoms with Crippen LogP contribution in [0.15, 0.2) is 72.8 Å². The van der Waals surface area contributed by atoms with E-state index in [0.717, 1.165) is 24.3 Å². The van der Waals surface area contributed by atoms with E-state index in [0.29, 0.717) is 23.8 Å². The number of carbonyl (C=O) groups excluding carboxylic acids is 1.